The van der Waals surface area contributed by atoms with E-state index in [1.54, 1.807) is 6.92 Å². The summed E-state index contributed by atoms with van der Waals surface area (Å²) >= 11 is 5.74. The number of carbonyl (C=O) groups is 1. The number of amides is 1. The Morgan fingerprint density at radius 2 is 2.05 bits per heavy atom. The first-order chi connectivity index (χ1) is 9.41. The fraction of sp³-hybridized carbons (Fsp3) is 0.214. The Morgan fingerprint density at radius 3 is 2.65 bits per heavy atom. The van der Waals surface area contributed by atoms with Gasteiger partial charge in [-0.25, -0.2) is 8.78 Å². The molecular weight excluding hydrogens is 288 g/mol. The van der Waals surface area contributed by atoms with Gasteiger partial charge in [0.05, 0.1) is 17.9 Å². The molecule has 0 aliphatic heterocycles. The van der Waals surface area contributed by atoms with Crippen molar-refractivity contribution < 1.29 is 18.0 Å². The third kappa shape index (κ3) is 2.67. The first kappa shape index (κ1) is 14.5. The van der Waals surface area contributed by atoms with Gasteiger partial charge in [-0.15, -0.1) is 0 Å². The van der Waals surface area contributed by atoms with Gasteiger partial charge < -0.3 is 9.32 Å². The Bertz CT molecular complexity index is 642. The number of furan rings is 1. The zero-order valence-corrected chi connectivity index (χ0v) is 11.6. The Balaban J connectivity index is 2.29. The van der Waals surface area contributed by atoms with Gasteiger partial charge in [0.1, 0.15) is 11.6 Å². The molecule has 0 saturated carbocycles. The Morgan fingerprint density at radius 1 is 1.35 bits per heavy atom. The summed E-state index contributed by atoms with van der Waals surface area (Å²) in [5, 5.41) is -0.0336. The summed E-state index contributed by atoms with van der Waals surface area (Å²) in [6.07, 6.45) is 1.29. The lowest BCUT2D eigenvalue weighted by molar-refractivity contribution is 0.0739. The van der Waals surface area contributed by atoms with Gasteiger partial charge in [0.25, 0.3) is 5.91 Å². The second-order valence-electron chi connectivity index (χ2n) is 4.37. The van der Waals surface area contributed by atoms with E-state index in [4.69, 9.17) is 16.0 Å². The number of nitrogens with zero attached hydrogens (tertiary/aromatic N) is 1. The van der Waals surface area contributed by atoms with Crippen LogP contribution in [0.1, 0.15) is 28.9 Å². The van der Waals surface area contributed by atoms with Gasteiger partial charge in [-0.1, -0.05) is 0 Å². The van der Waals surface area contributed by atoms with E-state index < -0.39 is 23.6 Å². The summed E-state index contributed by atoms with van der Waals surface area (Å²) in [5.74, 6) is -1.56. The highest BCUT2D eigenvalue weighted by Gasteiger charge is 2.24. The van der Waals surface area contributed by atoms with E-state index in [2.05, 4.69) is 0 Å². The standard InChI is InChI=1S/C14H12ClF2NO2/c1-8(11-7-9(16)3-4-12(11)17)18(2)14(19)10-5-6-20-13(10)15/h3-8H,1-2H3. The lowest BCUT2D eigenvalue weighted by atomic mass is 10.1. The lowest BCUT2D eigenvalue weighted by Gasteiger charge is -2.25. The Kier molecular flexibility index (Phi) is 4.09. The minimum Gasteiger partial charge on any atom is -0.452 e. The monoisotopic (exact) mass is 299 g/mol. The molecule has 1 amide bonds. The third-order valence-corrected chi connectivity index (χ3v) is 3.45. The van der Waals surface area contributed by atoms with Gasteiger partial charge in [0.2, 0.25) is 5.22 Å². The molecule has 0 fully saturated rings. The van der Waals surface area contributed by atoms with E-state index >= 15 is 0 Å². The molecule has 3 nitrogen and oxygen atoms in total. The second-order valence-corrected chi connectivity index (χ2v) is 4.71. The molecule has 0 saturated heterocycles. The number of rotatable bonds is 3. The summed E-state index contributed by atoms with van der Waals surface area (Å²) in [5.41, 5.74) is 0.276. The van der Waals surface area contributed by atoms with Gasteiger partial charge in [-0.2, -0.15) is 0 Å². The van der Waals surface area contributed by atoms with Crippen molar-refractivity contribution in [1.29, 1.82) is 0 Å². The van der Waals surface area contributed by atoms with Gasteiger partial charge >= 0.3 is 0 Å². The van der Waals surface area contributed by atoms with Crippen LogP contribution in [0.5, 0.6) is 0 Å². The van der Waals surface area contributed by atoms with Crippen molar-refractivity contribution >= 4 is 17.5 Å². The van der Waals surface area contributed by atoms with Gasteiger partial charge in [0.15, 0.2) is 0 Å². The second kappa shape index (κ2) is 5.63. The molecule has 2 rings (SSSR count). The molecule has 0 radical (unpaired) electrons. The van der Waals surface area contributed by atoms with Crippen LogP contribution in [-0.4, -0.2) is 17.9 Å². The smallest absolute Gasteiger partial charge is 0.258 e. The molecule has 1 aromatic heterocycles. The number of halogens is 3. The zero-order valence-electron chi connectivity index (χ0n) is 10.9. The van der Waals surface area contributed by atoms with Crippen LogP contribution in [0.15, 0.2) is 34.9 Å². The molecule has 0 aliphatic carbocycles. The van der Waals surface area contributed by atoms with Crippen molar-refractivity contribution in [1.82, 2.24) is 4.90 Å². The molecule has 1 heterocycles. The van der Waals surface area contributed by atoms with Crippen LogP contribution in [0.25, 0.3) is 0 Å². The number of hydrogen-bond donors (Lipinski definition) is 0. The fourth-order valence-corrected chi connectivity index (χ4v) is 2.05. The quantitative estimate of drug-likeness (QED) is 0.857. The molecule has 0 N–H and O–H groups in total. The minimum absolute atomic E-state index is 0.0336. The first-order valence-corrected chi connectivity index (χ1v) is 6.24. The number of benzene rings is 1. The van der Waals surface area contributed by atoms with Gasteiger partial charge in [-0.3, -0.25) is 4.79 Å². The van der Waals surface area contributed by atoms with Crippen molar-refractivity contribution in [2.24, 2.45) is 0 Å². The van der Waals surface area contributed by atoms with Crippen molar-refractivity contribution in [3.63, 3.8) is 0 Å². The highest BCUT2D eigenvalue weighted by Crippen LogP contribution is 2.26. The van der Waals surface area contributed by atoms with Crippen molar-refractivity contribution in [2.45, 2.75) is 13.0 Å². The molecule has 1 atom stereocenters. The van der Waals surface area contributed by atoms with Crippen LogP contribution >= 0.6 is 11.6 Å². The van der Waals surface area contributed by atoms with Crippen LogP contribution in [0.4, 0.5) is 8.78 Å². The van der Waals surface area contributed by atoms with E-state index in [0.717, 1.165) is 18.2 Å². The summed E-state index contributed by atoms with van der Waals surface area (Å²) in [6, 6.07) is 3.91. The fourth-order valence-electron chi connectivity index (χ4n) is 1.86. The average molecular weight is 300 g/mol. The van der Waals surface area contributed by atoms with Crippen LogP contribution in [0.2, 0.25) is 5.22 Å². The summed E-state index contributed by atoms with van der Waals surface area (Å²) in [4.78, 5) is 13.5. The highest BCUT2D eigenvalue weighted by molar-refractivity contribution is 6.32. The maximum absolute atomic E-state index is 13.7. The van der Waals surface area contributed by atoms with Gasteiger partial charge in [-0.05, 0) is 42.8 Å². The normalized spacial score (nSPS) is 12.2. The van der Waals surface area contributed by atoms with Crippen LogP contribution < -0.4 is 0 Å². The average Bonchev–Trinajstić information content (AvgIpc) is 2.85. The molecule has 6 heteroatoms. The molecule has 0 spiro atoms. The highest BCUT2D eigenvalue weighted by atomic mass is 35.5. The number of carbonyl (C=O) groups excluding carboxylic acids is 1. The molecule has 1 aromatic carbocycles. The molecular formula is C14H12ClF2NO2. The molecule has 2 aromatic rings. The molecule has 20 heavy (non-hydrogen) atoms. The molecule has 0 aliphatic rings. The van der Waals surface area contributed by atoms with Crippen LogP contribution in [-0.2, 0) is 0 Å². The SMILES string of the molecule is CC(c1cc(F)ccc1F)N(C)C(=O)c1ccoc1Cl. The molecule has 1 unspecified atom stereocenters. The summed E-state index contributed by atoms with van der Waals surface area (Å²) < 4.78 is 31.8. The minimum atomic E-state index is -0.649. The maximum atomic E-state index is 13.7. The molecule has 0 bridgehead atoms. The zero-order chi connectivity index (χ0) is 14.9. The van der Waals surface area contributed by atoms with Crippen molar-refractivity contribution in [3.05, 3.63) is 58.5 Å². The van der Waals surface area contributed by atoms with E-state index in [-0.39, 0.29) is 16.3 Å². The predicted molar refractivity (Wildman–Crippen MR) is 70.6 cm³/mol. The van der Waals surface area contributed by atoms with Crippen molar-refractivity contribution in [2.75, 3.05) is 7.05 Å². The first-order valence-electron chi connectivity index (χ1n) is 5.87. The van der Waals surface area contributed by atoms with Gasteiger partial charge in [0, 0.05) is 12.6 Å². The lowest BCUT2D eigenvalue weighted by Crippen LogP contribution is -2.30. The Labute approximate surface area is 119 Å². The largest absolute Gasteiger partial charge is 0.452 e. The van der Waals surface area contributed by atoms with E-state index in [0.29, 0.717) is 0 Å². The van der Waals surface area contributed by atoms with E-state index in [1.165, 1.54) is 24.3 Å². The Hall–Kier alpha value is -1.88. The van der Waals surface area contributed by atoms with Crippen molar-refractivity contribution in [3.8, 4) is 0 Å². The topological polar surface area (TPSA) is 33.5 Å². The van der Waals surface area contributed by atoms with Crippen LogP contribution in [0, 0.1) is 11.6 Å². The summed E-state index contributed by atoms with van der Waals surface area (Å²) in [7, 11) is 1.49. The molecule has 106 valence electrons. The predicted octanol–water partition coefficient (Wildman–Crippen LogP) is 4.04. The van der Waals surface area contributed by atoms with E-state index in [1.807, 2.05) is 0 Å². The van der Waals surface area contributed by atoms with Crippen LogP contribution in [0.3, 0.4) is 0 Å². The maximum Gasteiger partial charge on any atom is 0.258 e. The summed E-state index contributed by atoms with van der Waals surface area (Å²) in [6.45, 7) is 1.60. The number of hydrogen-bond acceptors (Lipinski definition) is 2. The third-order valence-electron chi connectivity index (χ3n) is 3.16. The van der Waals surface area contributed by atoms with E-state index in [9.17, 15) is 13.6 Å².